The highest BCUT2D eigenvalue weighted by Gasteiger charge is 2.08. The van der Waals surface area contributed by atoms with E-state index in [1.165, 1.54) is 0 Å². The molecule has 0 aromatic rings. The average molecular weight is 161 g/mol. The van der Waals surface area contributed by atoms with Crippen LogP contribution in [0.5, 0.6) is 0 Å². The zero-order valence-corrected chi connectivity index (χ0v) is 7.08. The van der Waals surface area contributed by atoms with Crippen molar-refractivity contribution in [1.82, 2.24) is 0 Å². The summed E-state index contributed by atoms with van der Waals surface area (Å²) in [5.41, 5.74) is 0. The molecule has 0 aromatic carbocycles. The zero-order chi connectivity index (χ0) is 8.69. The van der Waals surface area contributed by atoms with E-state index in [-0.39, 0.29) is 6.10 Å². The van der Waals surface area contributed by atoms with Crippen molar-refractivity contribution in [1.29, 1.82) is 0 Å². The smallest absolute Gasteiger partial charge is 0.294 e. The molecule has 66 valence electrons. The van der Waals surface area contributed by atoms with Gasteiger partial charge in [-0.1, -0.05) is 26.7 Å². The highest BCUT2D eigenvalue weighted by atomic mass is 17.0. The molecule has 0 radical (unpaired) electrons. The fourth-order valence-corrected chi connectivity index (χ4v) is 0.885. The Morgan fingerprint density at radius 3 is 2.55 bits per heavy atom. The quantitative estimate of drug-likeness (QED) is 0.443. The lowest BCUT2D eigenvalue weighted by atomic mass is 10.1. The van der Waals surface area contributed by atoms with Gasteiger partial charge in [-0.3, -0.25) is 0 Å². The van der Waals surface area contributed by atoms with Crippen LogP contribution >= 0.6 is 0 Å². The summed E-state index contributed by atoms with van der Waals surface area (Å²) in [7, 11) is 0. The van der Waals surface area contributed by atoms with Gasteiger partial charge < -0.3 is 4.84 Å². The highest BCUT2D eigenvalue weighted by Crippen LogP contribution is 2.07. The number of hydrogen-bond donors (Lipinski definition) is 0. The summed E-state index contributed by atoms with van der Waals surface area (Å²) in [6.07, 6.45) is 3.34. The summed E-state index contributed by atoms with van der Waals surface area (Å²) >= 11 is 0. The molecule has 0 rings (SSSR count). The first-order valence-corrected chi connectivity index (χ1v) is 4.01. The maximum absolute atomic E-state index is 9.92. The molecular weight excluding hydrogens is 146 g/mol. The van der Waals surface area contributed by atoms with Crippen molar-refractivity contribution >= 4 is 0 Å². The van der Waals surface area contributed by atoms with Crippen molar-refractivity contribution in [2.24, 2.45) is 0 Å². The molecule has 0 heterocycles. The lowest BCUT2D eigenvalue weighted by molar-refractivity contribution is -0.768. The third-order valence-corrected chi connectivity index (χ3v) is 1.57. The van der Waals surface area contributed by atoms with Gasteiger partial charge in [0.15, 0.2) is 0 Å². The summed E-state index contributed by atoms with van der Waals surface area (Å²) in [6, 6.07) is 0. The molecule has 0 aliphatic carbocycles. The van der Waals surface area contributed by atoms with Gasteiger partial charge in [-0.15, -0.1) is 10.1 Å². The monoisotopic (exact) mass is 161 g/mol. The van der Waals surface area contributed by atoms with Crippen LogP contribution < -0.4 is 0 Å². The van der Waals surface area contributed by atoms with Crippen molar-refractivity contribution in [2.75, 3.05) is 0 Å². The first-order chi connectivity index (χ1) is 5.20. The van der Waals surface area contributed by atoms with Crippen LogP contribution in [0.3, 0.4) is 0 Å². The maximum atomic E-state index is 9.92. The molecule has 0 N–H and O–H groups in total. The molecule has 4 heteroatoms. The van der Waals surface area contributed by atoms with Crippen molar-refractivity contribution in [2.45, 2.75) is 45.6 Å². The molecule has 11 heavy (non-hydrogen) atoms. The second-order valence-corrected chi connectivity index (χ2v) is 2.50. The van der Waals surface area contributed by atoms with Gasteiger partial charge in [-0.25, -0.2) is 0 Å². The van der Waals surface area contributed by atoms with Gasteiger partial charge in [0.25, 0.3) is 5.09 Å². The molecule has 0 aromatic heterocycles. The Morgan fingerprint density at radius 1 is 1.55 bits per heavy atom. The highest BCUT2D eigenvalue weighted by molar-refractivity contribution is 4.51. The van der Waals surface area contributed by atoms with Crippen LogP contribution in [0.1, 0.15) is 39.5 Å². The summed E-state index contributed by atoms with van der Waals surface area (Å²) in [4.78, 5) is 14.3. The van der Waals surface area contributed by atoms with E-state index in [1.807, 2.05) is 6.92 Å². The molecule has 0 amide bonds. The van der Waals surface area contributed by atoms with Gasteiger partial charge in [0.05, 0.1) is 0 Å². The van der Waals surface area contributed by atoms with E-state index in [4.69, 9.17) is 0 Å². The van der Waals surface area contributed by atoms with Crippen LogP contribution in [0.4, 0.5) is 0 Å². The number of rotatable bonds is 6. The largest absolute Gasteiger partial charge is 0.311 e. The third-order valence-electron chi connectivity index (χ3n) is 1.57. The first-order valence-electron chi connectivity index (χ1n) is 4.01. The SMILES string of the molecule is CCCCC(CC)O[N+](=O)[O-]. The van der Waals surface area contributed by atoms with Gasteiger partial charge in [0.1, 0.15) is 6.10 Å². The minimum Gasteiger partial charge on any atom is -0.311 e. The Morgan fingerprint density at radius 2 is 2.18 bits per heavy atom. The second-order valence-electron chi connectivity index (χ2n) is 2.50. The minimum atomic E-state index is -0.705. The van der Waals surface area contributed by atoms with E-state index >= 15 is 0 Å². The topological polar surface area (TPSA) is 52.4 Å². The molecule has 0 aliphatic heterocycles. The summed E-state index contributed by atoms with van der Waals surface area (Å²) in [5, 5.41) is 9.21. The third kappa shape index (κ3) is 5.63. The lowest BCUT2D eigenvalue weighted by Gasteiger charge is -2.10. The van der Waals surface area contributed by atoms with Crippen LogP contribution in [0.25, 0.3) is 0 Å². The molecule has 0 bridgehead atoms. The van der Waals surface area contributed by atoms with Crippen LogP contribution in [0.2, 0.25) is 0 Å². The van der Waals surface area contributed by atoms with Gasteiger partial charge in [-0.05, 0) is 12.8 Å². The Bertz CT molecular complexity index is 116. The molecule has 1 atom stereocenters. The van der Waals surface area contributed by atoms with Crippen LogP contribution in [-0.2, 0) is 4.84 Å². The van der Waals surface area contributed by atoms with E-state index in [0.29, 0.717) is 6.42 Å². The van der Waals surface area contributed by atoms with Crippen molar-refractivity contribution in [3.05, 3.63) is 10.1 Å². The van der Waals surface area contributed by atoms with Crippen molar-refractivity contribution in [3.8, 4) is 0 Å². The molecule has 0 spiro atoms. The van der Waals surface area contributed by atoms with Gasteiger partial charge in [0.2, 0.25) is 0 Å². The normalized spacial score (nSPS) is 12.5. The first kappa shape index (κ1) is 10.2. The van der Waals surface area contributed by atoms with E-state index < -0.39 is 5.09 Å². The number of hydrogen-bond acceptors (Lipinski definition) is 3. The minimum absolute atomic E-state index is 0.204. The Balaban J connectivity index is 3.49. The van der Waals surface area contributed by atoms with Gasteiger partial charge >= 0.3 is 0 Å². The molecule has 0 saturated heterocycles. The second kappa shape index (κ2) is 5.95. The molecule has 1 unspecified atom stereocenters. The molecule has 0 aliphatic rings. The fraction of sp³-hybridized carbons (Fsp3) is 1.00. The predicted octanol–water partition coefficient (Wildman–Crippen LogP) is 2.16. The van der Waals surface area contributed by atoms with Crippen LogP contribution in [0, 0.1) is 10.1 Å². The zero-order valence-electron chi connectivity index (χ0n) is 7.08. The molecular formula is C7H15NO3. The average Bonchev–Trinajstić information content (AvgIpc) is 1.97. The molecule has 0 saturated carbocycles. The van der Waals surface area contributed by atoms with E-state index in [0.717, 1.165) is 19.3 Å². The summed E-state index contributed by atoms with van der Waals surface area (Å²) < 4.78 is 0. The van der Waals surface area contributed by atoms with Crippen molar-refractivity contribution < 1.29 is 9.92 Å². The maximum Gasteiger partial charge on any atom is 0.294 e. The number of unbranched alkanes of at least 4 members (excludes halogenated alkanes) is 1. The van der Waals surface area contributed by atoms with E-state index in [1.54, 1.807) is 0 Å². The Kier molecular flexibility index (Phi) is 5.51. The standard InChI is InChI=1S/C7H15NO3/c1-3-5-6-7(4-2)11-8(9)10/h7H,3-6H2,1-2H3. The summed E-state index contributed by atoms with van der Waals surface area (Å²) in [6.45, 7) is 3.95. The van der Waals surface area contributed by atoms with Crippen molar-refractivity contribution in [3.63, 3.8) is 0 Å². The Hall–Kier alpha value is -0.800. The predicted molar refractivity (Wildman–Crippen MR) is 41.7 cm³/mol. The summed E-state index contributed by atoms with van der Waals surface area (Å²) in [5.74, 6) is 0. The number of nitrogens with zero attached hydrogens (tertiary/aromatic N) is 1. The molecule has 4 nitrogen and oxygen atoms in total. The van der Waals surface area contributed by atoms with Crippen LogP contribution in [0.15, 0.2) is 0 Å². The van der Waals surface area contributed by atoms with Gasteiger partial charge in [-0.2, -0.15) is 0 Å². The van der Waals surface area contributed by atoms with E-state index in [2.05, 4.69) is 11.8 Å². The fourth-order valence-electron chi connectivity index (χ4n) is 0.885. The van der Waals surface area contributed by atoms with Crippen LogP contribution in [-0.4, -0.2) is 11.2 Å². The van der Waals surface area contributed by atoms with Gasteiger partial charge in [0, 0.05) is 0 Å². The van der Waals surface area contributed by atoms with E-state index in [9.17, 15) is 10.1 Å². The Labute approximate surface area is 66.6 Å². The molecule has 0 fully saturated rings. The lowest BCUT2D eigenvalue weighted by Crippen LogP contribution is -2.15.